The summed E-state index contributed by atoms with van der Waals surface area (Å²) >= 11 is 0. The van der Waals surface area contributed by atoms with E-state index in [9.17, 15) is 14.4 Å². The first-order valence-electron chi connectivity index (χ1n) is 15.8. The number of carbonyl (C=O) groups is 3. The summed E-state index contributed by atoms with van der Waals surface area (Å²) in [5.74, 6) is -1.69. The zero-order valence-corrected chi connectivity index (χ0v) is 27.5. The highest BCUT2D eigenvalue weighted by Crippen LogP contribution is 2.51. The van der Waals surface area contributed by atoms with Crippen molar-refractivity contribution in [1.29, 1.82) is 0 Å². The fourth-order valence-electron chi connectivity index (χ4n) is 8.13. The van der Waals surface area contributed by atoms with E-state index in [0.29, 0.717) is 35.2 Å². The van der Waals surface area contributed by atoms with E-state index >= 15 is 0 Å². The number of allylic oxidation sites excluding steroid dienone is 2. The molecule has 230 valence electrons. The number of hydrogen-bond donors (Lipinski definition) is 0. The lowest BCUT2D eigenvalue weighted by atomic mass is 9.70. The summed E-state index contributed by atoms with van der Waals surface area (Å²) in [5.41, 5.74) is 3.36. The highest BCUT2D eigenvalue weighted by atomic mass is 28.4. The maximum Gasteiger partial charge on any atom is 0.414 e. The number of piperidine rings is 1. The number of rotatable bonds is 8. The van der Waals surface area contributed by atoms with Crippen molar-refractivity contribution in [1.82, 2.24) is 4.90 Å². The second-order valence-electron chi connectivity index (χ2n) is 13.3. The summed E-state index contributed by atoms with van der Waals surface area (Å²) in [5, 5.41) is 0. The average molecular weight is 603 g/mol. The number of benzene rings is 2. The van der Waals surface area contributed by atoms with Gasteiger partial charge in [0.2, 0.25) is 20.1 Å². The van der Waals surface area contributed by atoms with Crippen LogP contribution in [0.5, 0.6) is 0 Å². The molecule has 0 aromatic heterocycles. The normalized spacial score (nSPS) is 25.7. The number of imide groups is 1. The zero-order valence-electron chi connectivity index (χ0n) is 26.5. The molecule has 2 aliphatic heterocycles. The molecule has 2 saturated heterocycles. The van der Waals surface area contributed by atoms with Gasteiger partial charge in [0.25, 0.3) is 0 Å². The number of para-hydroxylation sites is 1. The van der Waals surface area contributed by atoms with E-state index < -0.39 is 26.2 Å². The number of fused-ring (bicyclic) bond motifs is 3. The lowest BCUT2D eigenvalue weighted by molar-refractivity contribution is -0.123. The van der Waals surface area contributed by atoms with Gasteiger partial charge in [-0.05, 0) is 54.1 Å². The Morgan fingerprint density at radius 2 is 1.44 bits per heavy atom. The molecule has 5 atom stereocenters. The van der Waals surface area contributed by atoms with E-state index in [1.807, 2.05) is 61.5 Å². The molecule has 0 N–H and O–H groups in total. The van der Waals surface area contributed by atoms with E-state index in [1.54, 1.807) is 17.0 Å². The summed E-state index contributed by atoms with van der Waals surface area (Å²) in [7, 11) is -2.34. The first-order valence-corrected chi connectivity index (χ1v) is 17.9. The summed E-state index contributed by atoms with van der Waals surface area (Å²) in [6.07, 6.45) is 2.26. The van der Waals surface area contributed by atoms with Crippen molar-refractivity contribution in [2.24, 2.45) is 17.8 Å². The van der Waals surface area contributed by atoms with Gasteiger partial charge in [-0.1, -0.05) is 96.1 Å². The maximum atomic E-state index is 14.1. The standard InChI is InChI=1S/C35H46N2O5Si/c1-22(2)43(23(3)4,24(5)6)42-31-20-29-30(36(25(31)7)35(40)41-21-26-14-10-8-11-15-26)19-18-28-32(29)34(39)37(33(28)38)27-16-12-9-13-17-27/h8-17,19,22-25,28-29,31-32H,18,20-21H2,1-7H3/t25-,28-,29+,31+,32-/m0/s1. The van der Waals surface area contributed by atoms with E-state index in [-0.39, 0.29) is 36.5 Å². The van der Waals surface area contributed by atoms with Crippen molar-refractivity contribution >= 4 is 31.9 Å². The molecule has 0 radical (unpaired) electrons. The summed E-state index contributed by atoms with van der Waals surface area (Å²) in [6.45, 7) is 15.7. The van der Waals surface area contributed by atoms with Crippen LogP contribution in [0.1, 0.15) is 66.9 Å². The second kappa shape index (κ2) is 12.4. The van der Waals surface area contributed by atoms with Crippen molar-refractivity contribution in [3.05, 3.63) is 78.0 Å². The predicted molar refractivity (Wildman–Crippen MR) is 171 cm³/mol. The van der Waals surface area contributed by atoms with Crippen LogP contribution in [0.25, 0.3) is 0 Å². The summed E-state index contributed by atoms with van der Waals surface area (Å²) in [4.78, 5) is 44.8. The molecule has 43 heavy (non-hydrogen) atoms. The Balaban J connectivity index is 1.52. The third-order valence-corrected chi connectivity index (χ3v) is 16.2. The largest absolute Gasteiger partial charge is 0.444 e. The van der Waals surface area contributed by atoms with Crippen molar-refractivity contribution in [3.63, 3.8) is 0 Å². The molecular formula is C35H46N2O5Si. The van der Waals surface area contributed by atoms with Gasteiger partial charge in [0.1, 0.15) is 6.61 Å². The molecule has 2 heterocycles. The number of likely N-dealkylation sites (tertiary alicyclic amines) is 1. The van der Waals surface area contributed by atoms with Crippen LogP contribution in [0, 0.1) is 17.8 Å². The Labute approximate surface area is 257 Å². The molecule has 5 rings (SSSR count). The predicted octanol–water partition coefficient (Wildman–Crippen LogP) is 7.69. The molecule has 0 unspecified atom stereocenters. The number of amides is 3. The molecule has 8 heteroatoms. The van der Waals surface area contributed by atoms with Gasteiger partial charge in [0.05, 0.1) is 29.7 Å². The molecule has 7 nitrogen and oxygen atoms in total. The minimum atomic E-state index is -2.34. The quantitative estimate of drug-likeness (QED) is 0.229. The molecule has 0 saturated carbocycles. The van der Waals surface area contributed by atoms with Crippen molar-refractivity contribution in [3.8, 4) is 0 Å². The third kappa shape index (κ3) is 5.48. The molecule has 2 fully saturated rings. The summed E-state index contributed by atoms with van der Waals surface area (Å²) < 4.78 is 13.2. The van der Waals surface area contributed by atoms with Gasteiger partial charge in [0, 0.05) is 11.6 Å². The smallest absolute Gasteiger partial charge is 0.414 e. The van der Waals surface area contributed by atoms with Crippen LogP contribution in [0.4, 0.5) is 10.5 Å². The first kappa shape index (κ1) is 31.2. The van der Waals surface area contributed by atoms with Crippen LogP contribution in [-0.4, -0.2) is 43.3 Å². The van der Waals surface area contributed by atoms with Crippen LogP contribution >= 0.6 is 0 Å². The number of hydrogen-bond acceptors (Lipinski definition) is 5. The van der Waals surface area contributed by atoms with Gasteiger partial charge < -0.3 is 9.16 Å². The molecule has 1 aliphatic carbocycles. The fraction of sp³-hybridized carbons (Fsp3) is 0.514. The molecule has 0 spiro atoms. The highest BCUT2D eigenvalue weighted by molar-refractivity contribution is 6.77. The summed E-state index contributed by atoms with van der Waals surface area (Å²) in [6, 6.07) is 18.5. The van der Waals surface area contributed by atoms with Crippen LogP contribution in [-0.2, 0) is 25.4 Å². The van der Waals surface area contributed by atoms with Crippen LogP contribution < -0.4 is 4.90 Å². The van der Waals surface area contributed by atoms with Crippen LogP contribution in [0.3, 0.4) is 0 Å². The Hall–Kier alpha value is -3.23. The van der Waals surface area contributed by atoms with Crippen LogP contribution in [0.15, 0.2) is 72.4 Å². The molecule has 3 aliphatic rings. The lowest BCUT2D eigenvalue weighted by Crippen LogP contribution is -2.60. The van der Waals surface area contributed by atoms with Crippen molar-refractivity contribution in [2.45, 2.75) is 96.7 Å². The Kier molecular flexibility index (Phi) is 9.00. The minimum Gasteiger partial charge on any atom is -0.444 e. The SMILES string of the molecule is CC(C)[Si](O[C@@H]1C[C@@H]2C(=CC[C@@H]3C(=O)N(c4ccccc4)C(=O)[C@@H]32)N(C(=O)OCc2ccccc2)[C@H]1C)(C(C)C)C(C)C. The number of ether oxygens (including phenoxy) is 1. The van der Waals surface area contributed by atoms with Gasteiger partial charge in [-0.25, -0.2) is 4.79 Å². The topological polar surface area (TPSA) is 76.2 Å². The van der Waals surface area contributed by atoms with Gasteiger partial charge in [0.15, 0.2) is 0 Å². The second-order valence-corrected chi connectivity index (χ2v) is 18.7. The molecule has 2 aromatic carbocycles. The van der Waals surface area contributed by atoms with E-state index in [4.69, 9.17) is 9.16 Å². The van der Waals surface area contributed by atoms with Crippen LogP contribution in [0.2, 0.25) is 16.6 Å². The lowest BCUT2D eigenvalue weighted by Gasteiger charge is -2.52. The van der Waals surface area contributed by atoms with Crippen molar-refractivity contribution < 1.29 is 23.5 Å². The van der Waals surface area contributed by atoms with E-state index in [0.717, 1.165) is 11.3 Å². The van der Waals surface area contributed by atoms with Gasteiger partial charge in [-0.3, -0.25) is 19.4 Å². The van der Waals surface area contributed by atoms with Gasteiger partial charge in [-0.15, -0.1) is 0 Å². The third-order valence-electron chi connectivity index (χ3n) is 10.1. The minimum absolute atomic E-state index is 0.153. The van der Waals surface area contributed by atoms with E-state index in [2.05, 4.69) is 41.5 Å². The highest BCUT2D eigenvalue weighted by Gasteiger charge is 2.58. The molecule has 0 bridgehead atoms. The molecular weight excluding hydrogens is 556 g/mol. The molecule has 2 aromatic rings. The number of anilines is 1. The maximum absolute atomic E-state index is 14.1. The van der Waals surface area contributed by atoms with Crippen molar-refractivity contribution in [2.75, 3.05) is 4.90 Å². The Morgan fingerprint density at radius 3 is 2.02 bits per heavy atom. The first-order chi connectivity index (χ1) is 20.5. The Morgan fingerprint density at radius 1 is 0.860 bits per heavy atom. The average Bonchev–Trinajstić information content (AvgIpc) is 3.24. The Bertz CT molecular complexity index is 1340. The van der Waals surface area contributed by atoms with Gasteiger partial charge >= 0.3 is 6.09 Å². The zero-order chi connectivity index (χ0) is 31.1. The number of carbonyl (C=O) groups excluding carboxylic acids is 3. The fourth-order valence-corrected chi connectivity index (χ4v) is 13.8. The van der Waals surface area contributed by atoms with E-state index in [1.165, 1.54) is 4.90 Å². The molecule has 3 amide bonds. The number of nitrogens with zero attached hydrogens (tertiary/aromatic N) is 2. The van der Waals surface area contributed by atoms with Gasteiger partial charge in [-0.2, -0.15) is 0 Å². The monoisotopic (exact) mass is 602 g/mol.